The highest BCUT2D eigenvalue weighted by atomic mass is 16.6. The second kappa shape index (κ2) is 5.57. The average molecular weight is 314 g/mol. The van der Waals surface area contributed by atoms with Gasteiger partial charge in [0.25, 0.3) is 5.91 Å². The van der Waals surface area contributed by atoms with E-state index in [2.05, 4.69) is 21.7 Å². The third-order valence-electron chi connectivity index (χ3n) is 4.24. The zero-order valence-corrected chi connectivity index (χ0v) is 12.9. The minimum Gasteiger partial charge on any atom is -0.485 e. The molecule has 0 N–H and O–H groups in total. The normalized spacial score (nSPS) is 19.3. The summed E-state index contributed by atoms with van der Waals surface area (Å²) in [7, 11) is 0. The summed E-state index contributed by atoms with van der Waals surface area (Å²) < 4.78 is 13.5. The lowest BCUT2D eigenvalue weighted by atomic mass is 10.2. The van der Waals surface area contributed by atoms with Crippen molar-refractivity contribution < 1.29 is 14.3 Å². The molecule has 2 aliphatic heterocycles. The molecule has 1 atom stereocenters. The molecule has 1 aromatic heterocycles. The van der Waals surface area contributed by atoms with E-state index < -0.39 is 6.10 Å². The van der Waals surface area contributed by atoms with Crippen LogP contribution in [-0.4, -0.2) is 44.8 Å². The van der Waals surface area contributed by atoms with Gasteiger partial charge < -0.3 is 18.9 Å². The minimum atomic E-state index is -0.606. The Morgan fingerprint density at radius 2 is 2.09 bits per heavy atom. The monoisotopic (exact) mass is 314 g/mol. The van der Waals surface area contributed by atoms with Gasteiger partial charge in [0.05, 0.1) is 6.54 Å². The van der Waals surface area contributed by atoms with E-state index >= 15 is 0 Å². The van der Waals surface area contributed by atoms with Crippen molar-refractivity contribution in [3.05, 3.63) is 35.9 Å². The van der Waals surface area contributed by atoms with E-state index in [4.69, 9.17) is 9.47 Å². The predicted octanol–water partition coefficient (Wildman–Crippen LogP) is 1.02. The molecule has 23 heavy (non-hydrogen) atoms. The van der Waals surface area contributed by atoms with Crippen LogP contribution < -0.4 is 9.47 Å². The lowest BCUT2D eigenvalue weighted by Crippen LogP contribution is -2.49. The summed E-state index contributed by atoms with van der Waals surface area (Å²) in [6, 6.07) is 7.40. The van der Waals surface area contributed by atoms with Gasteiger partial charge in [-0.2, -0.15) is 0 Å². The molecule has 3 heterocycles. The fourth-order valence-electron chi connectivity index (χ4n) is 3.01. The largest absolute Gasteiger partial charge is 0.485 e. The molecule has 7 nitrogen and oxygen atoms in total. The minimum absolute atomic E-state index is 0.0631. The Kier molecular flexibility index (Phi) is 3.40. The Morgan fingerprint density at radius 3 is 2.91 bits per heavy atom. The highest BCUT2D eigenvalue weighted by Gasteiger charge is 2.33. The van der Waals surface area contributed by atoms with Gasteiger partial charge >= 0.3 is 0 Å². The number of carbonyl (C=O) groups excluding carboxylic acids is 1. The molecule has 2 aromatic rings. The molecule has 1 amide bonds. The molecule has 0 bridgehead atoms. The highest BCUT2D eigenvalue weighted by Crippen LogP contribution is 2.31. The molecule has 1 aromatic carbocycles. The summed E-state index contributed by atoms with van der Waals surface area (Å²) in [5.74, 6) is 3.04. The zero-order valence-electron chi connectivity index (χ0n) is 12.9. The molecule has 0 spiro atoms. The van der Waals surface area contributed by atoms with Gasteiger partial charge in [0, 0.05) is 19.5 Å². The smallest absolute Gasteiger partial charge is 0.267 e. The van der Waals surface area contributed by atoms with Crippen LogP contribution in [0.1, 0.15) is 18.6 Å². The van der Waals surface area contributed by atoms with Crippen molar-refractivity contribution in [2.24, 2.45) is 0 Å². The fourth-order valence-corrected chi connectivity index (χ4v) is 3.01. The van der Waals surface area contributed by atoms with E-state index in [-0.39, 0.29) is 12.5 Å². The second-order valence-corrected chi connectivity index (χ2v) is 5.66. The van der Waals surface area contributed by atoms with Crippen molar-refractivity contribution in [3.63, 3.8) is 0 Å². The van der Waals surface area contributed by atoms with Gasteiger partial charge in [-0.25, -0.2) is 0 Å². The number of hydrogen-bond donors (Lipinski definition) is 0. The molecule has 0 unspecified atom stereocenters. The number of aromatic nitrogens is 3. The predicted molar refractivity (Wildman–Crippen MR) is 81.2 cm³/mol. The molecule has 4 rings (SSSR count). The van der Waals surface area contributed by atoms with Crippen molar-refractivity contribution in [2.75, 3.05) is 13.2 Å². The number of carbonyl (C=O) groups is 1. The second-order valence-electron chi connectivity index (χ2n) is 5.66. The first-order chi connectivity index (χ1) is 11.3. The Labute approximate surface area is 133 Å². The van der Waals surface area contributed by atoms with Crippen LogP contribution in [0.25, 0.3) is 0 Å². The van der Waals surface area contributed by atoms with Crippen molar-refractivity contribution in [3.8, 4) is 11.5 Å². The number of rotatable bonds is 2. The summed E-state index contributed by atoms with van der Waals surface area (Å²) in [5, 5.41) is 8.36. The van der Waals surface area contributed by atoms with Crippen LogP contribution in [-0.2, 0) is 24.3 Å². The van der Waals surface area contributed by atoms with Crippen LogP contribution in [0, 0.1) is 0 Å². The molecule has 0 fully saturated rings. The fraction of sp³-hybridized carbons (Fsp3) is 0.438. The first-order valence-corrected chi connectivity index (χ1v) is 7.84. The number of aryl methyl sites for hydroxylation is 1. The van der Waals surface area contributed by atoms with E-state index in [1.165, 1.54) is 0 Å². The average Bonchev–Trinajstić information content (AvgIpc) is 3.03. The van der Waals surface area contributed by atoms with Crippen LogP contribution in [0.15, 0.2) is 24.3 Å². The SMILES string of the molecule is CCc1nnc2n1CCN(C(=O)[C@H]1COc3ccccc3O1)C2. The van der Waals surface area contributed by atoms with Crippen molar-refractivity contribution in [1.29, 1.82) is 0 Å². The van der Waals surface area contributed by atoms with Crippen molar-refractivity contribution in [2.45, 2.75) is 32.5 Å². The van der Waals surface area contributed by atoms with E-state index in [1.54, 1.807) is 4.90 Å². The molecule has 0 aliphatic carbocycles. The van der Waals surface area contributed by atoms with E-state index in [0.717, 1.165) is 24.6 Å². The maximum Gasteiger partial charge on any atom is 0.267 e. The van der Waals surface area contributed by atoms with Gasteiger partial charge in [-0.1, -0.05) is 19.1 Å². The van der Waals surface area contributed by atoms with Crippen molar-refractivity contribution >= 4 is 5.91 Å². The molecule has 7 heteroatoms. The van der Waals surface area contributed by atoms with Gasteiger partial charge in [0.1, 0.15) is 12.4 Å². The maximum atomic E-state index is 12.7. The van der Waals surface area contributed by atoms with Gasteiger partial charge in [-0.05, 0) is 12.1 Å². The quantitative estimate of drug-likeness (QED) is 0.828. The van der Waals surface area contributed by atoms with Crippen molar-refractivity contribution in [1.82, 2.24) is 19.7 Å². The molecular weight excluding hydrogens is 296 g/mol. The standard InChI is InChI=1S/C16H18N4O3/c1-2-14-17-18-15-9-19(7-8-20(14)15)16(21)13-10-22-11-5-3-4-6-12(11)23-13/h3-6,13H,2,7-10H2,1H3/t13-/m1/s1. The van der Waals surface area contributed by atoms with Crippen LogP contribution in [0.3, 0.4) is 0 Å². The molecular formula is C16H18N4O3. The van der Waals surface area contributed by atoms with Gasteiger partial charge in [-0.3, -0.25) is 4.79 Å². The highest BCUT2D eigenvalue weighted by molar-refractivity contribution is 5.82. The van der Waals surface area contributed by atoms with Crippen LogP contribution in [0.2, 0.25) is 0 Å². The first-order valence-electron chi connectivity index (χ1n) is 7.84. The number of fused-ring (bicyclic) bond motifs is 2. The van der Waals surface area contributed by atoms with Crippen LogP contribution in [0.4, 0.5) is 0 Å². The summed E-state index contributed by atoms with van der Waals surface area (Å²) in [5.41, 5.74) is 0. The number of benzene rings is 1. The molecule has 2 aliphatic rings. The Hall–Kier alpha value is -2.57. The number of para-hydroxylation sites is 2. The lowest BCUT2D eigenvalue weighted by molar-refractivity contribution is -0.142. The summed E-state index contributed by atoms with van der Waals surface area (Å²) in [6.45, 7) is 4.12. The van der Waals surface area contributed by atoms with E-state index in [9.17, 15) is 4.79 Å². The van der Waals surface area contributed by atoms with Gasteiger partial charge in [0.15, 0.2) is 17.3 Å². The van der Waals surface area contributed by atoms with Gasteiger partial charge in [0.2, 0.25) is 6.10 Å². The maximum absolute atomic E-state index is 12.7. The molecule has 0 saturated heterocycles. The Morgan fingerprint density at radius 1 is 1.26 bits per heavy atom. The Balaban J connectivity index is 1.48. The lowest BCUT2D eigenvalue weighted by Gasteiger charge is -2.32. The number of ether oxygens (including phenoxy) is 2. The third kappa shape index (κ3) is 2.42. The Bertz CT molecular complexity index is 743. The van der Waals surface area contributed by atoms with E-state index in [0.29, 0.717) is 24.6 Å². The van der Waals surface area contributed by atoms with Crippen LogP contribution in [0.5, 0.6) is 11.5 Å². The molecule has 0 radical (unpaired) electrons. The summed E-state index contributed by atoms with van der Waals surface area (Å²) >= 11 is 0. The number of amides is 1. The van der Waals surface area contributed by atoms with Gasteiger partial charge in [-0.15, -0.1) is 10.2 Å². The third-order valence-corrected chi connectivity index (χ3v) is 4.24. The first kappa shape index (κ1) is 14.0. The zero-order chi connectivity index (χ0) is 15.8. The van der Waals surface area contributed by atoms with E-state index in [1.807, 2.05) is 24.3 Å². The summed E-state index contributed by atoms with van der Waals surface area (Å²) in [4.78, 5) is 14.5. The summed E-state index contributed by atoms with van der Waals surface area (Å²) in [6.07, 6.45) is 0.238. The number of hydrogen-bond acceptors (Lipinski definition) is 5. The van der Waals surface area contributed by atoms with Crippen LogP contribution >= 0.6 is 0 Å². The topological polar surface area (TPSA) is 69.5 Å². The molecule has 120 valence electrons. The number of nitrogens with zero attached hydrogens (tertiary/aromatic N) is 4. The molecule has 0 saturated carbocycles.